The summed E-state index contributed by atoms with van der Waals surface area (Å²) in [6, 6.07) is 8.55. The first-order valence-electron chi connectivity index (χ1n) is 8.83. The molecule has 130 valence electrons. The van der Waals surface area contributed by atoms with Gasteiger partial charge in [0.15, 0.2) is 5.69 Å². The third-order valence-corrected chi connectivity index (χ3v) is 5.24. The van der Waals surface area contributed by atoms with Crippen molar-refractivity contribution in [2.24, 2.45) is 13.0 Å². The van der Waals surface area contributed by atoms with E-state index in [1.807, 2.05) is 13.1 Å². The molecule has 3 atom stereocenters. The summed E-state index contributed by atoms with van der Waals surface area (Å²) >= 11 is 0. The highest BCUT2D eigenvalue weighted by atomic mass is 16.5. The van der Waals surface area contributed by atoms with Crippen molar-refractivity contribution in [3.8, 4) is 0 Å². The molecule has 2 aromatic rings. The van der Waals surface area contributed by atoms with Crippen LogP contribution in [0, 0.1) is 12.8 Å². The number of benzene rings is 1. The Labute approximate surface area is 147 Å². The summed E-state index contributed by atoms with van der Waals surface area (Å²) in [6.45, 7) is 4.29. The number of carbonyl (C=O) groups is 1. The van der Waals surface area contributed by atoms with E-state index >= 15 is 0 Å². The SMILES string of the molecule is CCOC(=O)c1cc([C@@H]2Nc3ccc(C)cc3[C@@H]3C=CC[C@@H]32)n(C)n1. The lowest BCUT2D eigenvalue weighted by molar-refractivity contribution is 0.0518. The molecule has 0 amide bonds. The van der Waals surface area contributed by atoms with Crippen LogP contribution in [0.5, 0.6) is 0 Å². The van der Waals surface area contributed by atoms with Crippen molar-refractivity contribution in [3.05, 3.63) is 58.9 Å². The van der Waals surface area contributed by atoms with Crippen molar-refractivity contribution in [1.29, 1.82) is 0 Å². The van der Waals surface area contributed by atoms with E-state index in [4.69, 9.17) is 4.74 Å². The zero-order valence-corrected chi connectivity index (χ0v) is 14.8. The number of rotatable bonds is 3. The van der Waals surface area contributed by atoms with Crippen molar-refractivity contribution in [1.82, 2.24) is 9.78 Å². The molecule has 5 heteroatoms. The Hall–Kier alpha value is -2.56. The van der Waals surface area contributed by atoms with Gasteiger partial charge in [-0.2, -0.15) is 5.10 Å². The van der Waals surface area contributed by atoms with Gasteiger partial charge in [0, 0.05) is 18.7 Å². The first-order chi connectivity index (χ1) is 12.1. The van der Waals surface area contributed by atoms with Crippen molar-refractivity contribution in [3.63, 3.8) is 0 Å². The molecule has 0 radical (unpaired) electrons. The minimum absolute atomic E-state index is 0.121. The molecule has 1 aliphatic carbocycles. The molecule has 1 aromatic carbocycles. The van der Waals surface area contributed by atoms with Crippen molar-refractivity contribution in [2.45, 2.75) is 32.2 Å². The monoisotopic (exact) mass is 337 g/mol. The highest BCUT2D eigenvalue weighted by Gasteiger charge is 2.39. The lowest BCUT2D eigenvalue weighted by Crippen LogP contribution is -2.30. The number of allylic oxidation sites excluding steroid dienone is 2. The predicted molar refractivity (Wildman–Crippen MR) is 96.7 cm³/mol. The quantitative estimate of drug-likeness (QED) is 0.685. The van der Waals surface area contributed by atoms with E-state index in [2.05, 4.69) is 47.7 Å². The molecule has 0 bridgehead atoms. The van der Waals surface area contributed by atoms with Crippen LogP contribution in [0.15, 0.2) is 36.4 Å². The van der Waals surface area contributed by atoms with Gasteiger partial charge in [0.25, 0.3) is 0 Å². The van der Waals surface area contributed by atoms with Crippen LogP contribution in [0.3, 0.4) is 0 Å². The molecule has 0 saturated heterocycles. The fourth-order valence-corrected chi connectivity index (χ4v) is 4.08. The molecule has 1 N–H and O–H groups in total. The molecular formula is C20H23N3O2. The molecule has 0 fully saturated rings. The zero-order valence-electron chi connectivity index (χ0n) is 14.8. The smallest absolute Gasteiger partial charge is 0.358 e. The predicted octanol–water partition coefficient (Wildman–Crippen LogP) is 3.73. The normalized spacial score (nSPS) is 23.7. The molecule has 4 rings (SSSR count). The molecule has 0 unspecified atom stereocenters. The van der Waals surface area contributed by atoms with Crippen LogP contribution in [0.25, 0.3) is 0 Å². The molecule has 5 nitrogen and oxygen atoms in total. The molecule has 0 spiro atoms. The van der Waals surface area contributed by atoms with E-state index in [9.17, 15) is 4.79 Å². The molecule has 2 aliphatic rings. The van der Waals surface area contributed by atoms with E-state index in [1.165, 1.54) is 16.8 Å². The fourth-order valence-electron chi connectivity index (χ4n) is 4.08. The minimum atomic E-state index is -0.364. The summed E-state index contributed by atoms with van der Waals surface area (Å²) in [7, 11) is 1.89. The topological polar surface area (TPSA) is 56.1 Å². The van der Waals surface area contributed by atoms with Gasteiger partial charge < -0.3 is 10.1 Å². The van der Waals surface area contributed by atoms with E-state index in [-0.39, 0.29) is 12.0 Å². The summed E-state index contributed by atoms with van der Waals surface area (Å²) in [6.07, 6.45) is 5.61. The van der Waals surface area contributed by atoms with Gasteiger partial charge in [-0.05, 0) is 43.9 Å². The maximum atomic E-state index is 12.0. The van der Waals surface area contributed by atoms with Gasteiger partial charge in [-0.3, -0.25) is 4.68 Å². The maximum absolute atomic E-state index is 12.0. The maximum Gasteiger partial charge on any atom is 0.358 e. The zero-order chi connectivity index (χ0) is 17.6. The van der Waals surface area contributed by atoms with Crippen LogP contribution < -0.4 is 5.32 Å². The van der Waals surface area contributed by atoms with Crippen LogP contribution in [0.4, 0.5) is 5.69 Å². The van der Waals surface area contributed by atoms with Crippen LogP contribution >= 0.6 is 0 Å². The molecule has 1 aromatic heterocycles. The Morgan fingerprint density at radius 3 is 3.04 bits per heavy atom. The number of aryl methyl sites for hydroxylation is 2. The van der Waals surface area contributed by atoms with Gasteiger partial charge in [-0.1, -0.05) is 29.8 Å². The first-order valence-corrected chi connectivity index (χ1v) is 8.83. The molecule has 1 aliphatic heterocycles. The largest absolute Gasteiger partial charge is 0.461 e. The second-order valence-corrected chi connectivity index (χ2v) is 6.86. The summed E-state index contributed by atoms with van der Waals surface area (Å²) < 4.78 is 6.90. The number of nitrogens with one attached hydrogen (secondary N) is 1. The molecule has 2 heterocycles. The molecule has 25 heavy (non-hydrogen) atoms. The van der Waals surface area contributed by atoms with Gasteiger partial charge in [0.1, 0.15) is 0 Å². The van der Waals surface area contributed by atoms with E-state index in [0.717, 1.165) is 12.1 Å². The standard InChI is InChI=1S/C20H23N3O2/c1-4-25-20(24)17-11-18(23(3)22-17)19-14-7-5-6-13(14)15-10-12(2)8-9-16(15)21-19/h5-6,8-11,13-14,19,21H,4,7H2,1-3H3/t13-,14+,19-/m1/s1. The fraction of sp³-hybridized carbons (Fsp3) is 0.400. The number of hydrogen-bond donors (Lipinski definition) is 1. The highest BCUT2D eigenvalue weighted by molar-refractivity contribution is 5.87. The van der Waals surface area contributed by atoms with Gasteiger partial charge in [-0.15, -0.1) is 0 Å². The molecular weight excluding hydrogens is 314 g/mol. The van der Waals surface area contributed by atoms with E-state index < -0.39 is 0 Å². The van der Waals surface area contributed by atoms with Crippen molar-refractivity contribution >= 4 is 11.7 Å². The lowest BCUT2D eigenvalue weighted by atomic mass is 9.78. The number of esters is 1. The number of fused-ring (bicyclic) bond motifs is 3. The van der Waals surface area contributed by atoms with Crippen LogP contribution in [0.1, 0.15) is 52.6 Å². The number of aromatic nitrogens is 2. The second kappa shape index (κ2) is 6.06. The van der Waals surface area contributed by atoms with Crippen molar-refractivity contribution in [2.75, 3.05) is 11.9 Å². The van der Waals surface area contributed by atoms with E-state index in [0.29, 0.717) is 24.1 Å². The van der Waals surface area contributed by atoms with Crippen LogP contribution in [-0.4, -0.2) is 22.4 Å². The number of ether oxygens (including phenoxy) is 1. The van der Waals surface area contributed by atoms with Gasteiger partial charge >= 0.3 is 5.97 Å². The van der Waals surface area contributed by atoms with Crippen LogP contribution in [0.2, 0.25) is 0 Å². The number of carbonyl (C=O) groups excluding carboxylic acids is 1. The Balaban J connectivity index is 1.72. The minimum Gasteiger partial charge on any atom is -0.461 e. The number of hydrogen-bond acceptors (Lipinski definition) is 4. The highest BCUT2D eigenvalue weighted by Crippen LogP contribution is 2.49. The second-order valence-electron chi connectivity index (χ2n) is 6.86. The molecule has 0 saturated carbocycles. The Kier molecular flexibility index (Phi) is 3.86. The Morgan fingerprint density at radius 2 is 2.24 bits per heavy atom. The lowest BCUT2D eigenvalue weighted by Gasteiger charge is -2.37. The van der Waals surface area contributed by atoms with E-state index in [1.54, 1.807) is 11.6 Å². The third kappa shape index (κ3) is 2.64. The summed E-state index contributed by atoms with van der Waals surface area (Å²) in [5.74, 6) is 0.471. The Morgan fingerprint density at radius 1 is 1.40 bits per heavy atom. The summed E-state index contributed by atoms with van der Waals surface area (Å²) in [5, 5.41) is 8.05. The Bertz CT molecular complexity index is 853. The number of anilines is 1. The van der Waals surface area contributed by atoms with Gasteiger partial charge in [-0.25, -0.2) is 4.79 Å². The average Bonchev–Trinajstić information content (AvgIpc) is 3.22. The average molecular weight is 337 g/mol. The van der Waals surface area contributed by atoms with Gasteiger partial charge in [0.2, 0.25) is 0 Å². The summed E-state index contributed by atoms with van der Waals surface area (Å²) in [5.41, 5.74) is 5.21. The van der Waals surface area contributed by atoms with Crippen LogP contribution in [-0.2, 0) is 11.8 Å². The van der Waals surface area contributed by atoms with Crippen molar-refractivity contribution < 1.29 is 9.53 Å². The third-order valence-electron chi connectivity index (χ3n) is 5.24. The number of nitrogens with zero attached hydrogens (tertiary/aromatic N) is 2. The summed E-state index contributed by atoms with van der Waals surface area (Å²) in [4.78, 5) is 12.0. The first kappa shape index (κ1) is 15.9. The van der Waals surface area contributed by atoms with Gasteiger partial charge in [0.05, 0.1) is 18.3 Å².